The molecule has 2 rings (SSSR count). The molecule has 118 valence electrons. The van der Waals surface area contributed by atoms with Crippen LogP contribution in [-0.4, -0.2) is 43.4 Å². The Balaban J connectivity index is 1.85. The van der Waals surface area contributed by atoms with Crippen LogP contribution in [0, 0.1) is 0 Å². The number of nitrogens with one attached hydrogen (secondary N) is 1. The number of nitrogens with zero attached hydrogens (tertiary/aromatic N) is 1. The van der Waals surface area contributed by atoms with Crippen molar-refractivity contribution in [2.45, 2.75) is 13.0 Å². The van der Waals surface area contributed by atoms with Gasteiger partial charge in [0.05, 0.1) is 22.5 Å². The van der Waals surface area contributed by atoms with Gasteiger partial charge >= 0.3 is 7.67 Å². The van der Waals surface area contributed by atoms with Crippen LogP contribution in [0.1, 0.15) is 14.7 Å². The molecule has 0 spiro atoms. The van der Waals surface area contributed by atoms with Gasteiger partial charge in [-0.25, -0.2) is 9.76 Å². The van der Waals surface area contributed by atoms with Gasteiger partial charge in [-0.15, -0.1) is 11.6 Å². The first-order valence-corrected chi connectivity index (χ1v) is 9.05. The normalized spacial score (nSPS) is 27.1. The van der Waals surface area contributed by atoms with Crippen LogP contribution in [-0.2, 0) is 20.4 Å². The third-order valence-electron chi connectivity index (χ3n) is 3.04. The maximum Gasteiger partial charge on any atom is 0.343 e. The van der Waals surface area contributed by atoms with Crippen LogP contribution < -0.4 is 5.09 Å². The van der Waals surface area contributed by atoms with Gasteiger partial charge in [-0.1, -0.05) is 30.3 Å². The lowest BCUT2D eigenvalue weighted by molar-refractivity contribution is 0.0977. The molecule has 1 saturated heterocycles. The van der Waals surface area contributed by atoms with Crippen molar-refractivity contribution in [3.05, 3.63) is 35.9 Å². The number of hydrogen-bond donors (Lipinski definition) is 1. The summed E-state index contributed by atoms with van der Waals surface area (Å²) in [5, 5.41) is 2.74. The highest BCUT2D eigenvalue weighted by Crippen LogP contribution is 2.48. The fourth-order valence-corrected chi connectivity index (χ4v) is 3.97. The van der Waals surface area contributed by atoms with E-state index in [2.05, 4.69) is 5.09 Å². The fraction of sp³-hybridized carbons (Fsp3) is 0.571. The third-order valence-corrected chi connectivity index (χ3v) is 5.38. The van der Waals surface area contributed by atoms with Gasteiger partial charge in [0.2, 0.25) is 0 Å². The molecule has 0 radical (unpaired) electrons. The van der Waals surface area contributed by atoms with Gasteiger partial charge in [0, 0.05) is 25.5 Å². The molecular weight excluding hydrogens is 311 g/mol. The Bertz CT molecular complexity index is 536. The molecule has 0 amide bonds. The molecule has 1 heterocycles. The summed E-state index contributed by atoms with van der Waals surface area (Å²) in [6, 6.07) is 9.80. The van der Waals surface area contributed by atoms with Crippen molar-refractivity contribution in [2.24, 2.45) is 0 Å². The molecule has 5 nitrogen and oxygen atoms in total. The summed E-state index contributed by atoms with van der Waals surface area (Å²) in [6.45, 7) is -0.000166. The zero-order chi connectivity index (χ0) is 16.8. The molecule has 1 aromatic rings. The molecule has 1 atom stereocenters. The predicted octanol–water partition coefficient (Wildman–Crippen LogP) is 2.86. The number of hydrogen-bond acceptors (Lipinski definition) is 3. The van der Waals surface area contributed by atoms with Gasteiger partial charge in [-0.05, 0) is 12.0 Å². The highest BCUT2D eigenvalue weighted by Gasteiger charge is 2.34. The van der Waals surface area contributed by atoms with E-state index in [4.69, 9.17) is 23.6 Å². The Labute approximate surface area is 133 Å². The fourth-order valence-electron chi connectivity index (χ4n) is 1.99. The lowest BCUT2D eigenvalue weighted by Gasteiger charge is -2.34. The minimum atomic E-state index is -3.43. The van der Waals surface area contributed by atoms with Crippen molar-refractivity contribution in [3.8, 4) is 0 Å². The second-order valence-corrected chi connectivity index (χ2v) is 7.08. The van der Waals surface area contributed by atoms with Crippen molar-refractivity contribution in [3.63, 3.8) is 0 Å². The molecule has 0 bridgehead atoms. The van der Waals surface area contributed by atoms with E-state index in [9.17, 15) is 4.57 Å². The predicted molar refractivity (Wildman–Crippen MR) is 84.6 cm³/mol. The van der Waals surface area contributed by atoms with E-state index in [1.54, 1.807) is 4.67 Å². The summed E-state index contributed by atoms with van der Waals surface area (Å²) in [4.78, 5) is 0. The maximum atomic E-state index is 12.8. The first-order chi connectivity index (χ1) is 11.0. The number of rotatable bonds is 8. The highest BCUT2D eigenvalue weighted by atomic mass is 35.5. The van der Waals surface area contributed by atoms with Crippen LogP contribution in [0.3, 0.4) is 0 Å². The van der Waals surface area contributed by atoms with E-state index in [0.29, 0.717) is 26.3 Å². The lowest BCUT2D eigenvalue weighted by Crippen LogP contribution is -2.37. The smallest absolute Gasteiger partial charge is 0.343 e. The Morgan fingerprint density at radius 1 is 1.48 bits per heavy atom. The van der Waals surface area contributed by atoms with E-state index >= 15 is 0 Å². The number of halogens is 1. The van der Waals surface area contributed by atoms with E-state index < -0.39 is 14.2 Å². The van der Waals surface area contributed by atoms with Gasteiger partial charge < -0.3 is 9.26 Å². The molecular formula is C14H22ClN2O3P. The van der Waals surface area contributed by atoms with E-state index in [0.717, 1.165) is 5.56 Å². The van der Waals surface area contributed by atoms with Crippen molar-refractivity contribution in [2.75, 3.05) is 38.7 Å². The van der Waals surface area contributed by atoms with Crippen molar-refractivity contribution < 1.29 is 16.6 Å². The van der Waals surface area contributed by atoms with Crippen LogP contribution >= 0.6 is 19.3 Å². The molecule has 0 aromatic heterocycles. The van der Waals surface area contributed by atoms with Gasteiger partial charge in [0.1, 0.15) is 0 Å². The molecule has 1 unspecified atom stereocenters. The average molecular weight is 335 g/mol. The van der Waals surface area contributed by atoms with Crippen molar-refractivity contribution >= 4 is 19.3 Å². The Hall–Kier alpha value is -0.420. The molecule has 0 aliphatic carbocycles. The van der Waals surface area contributed by atoms with Gasteiger partial charge in [0.15, 0.2) is 0 Å². The first kappa shape index (κ1) is 14.2. The Kier molecular flexibility index (Phi) is 6.00. The zero-order valence-electron chi connectivity index (χ0n) is 13.8. The Morgan fingerprint density at radius 3 is 3.05 bits per heavy atom. The number of benzene rings is 1. The standard InChI is InChI=1S/C14H22ClN2O3P/c15-7-8-16-21(18)17(9-4-11-20-21)10-12-19-13-14-5-2-1-3-6-14/h1-3,5-6H,4,7-13H2,(H,16,18)/i11D2. The maximum absolute atomic E-state index is 12.8. The Morgan fingerprint density at radius 2 is 2.29 bits per heavy atom. The monoisotopic (exact) mass is 334 g/mol. The average Bonchev–Trinajstić information content (AvgIpc) is 2.52. The molecule has 0 saturated carbocycles. The van der Waals surface area contributed by atoms with Crippen LogP contribution in [0.4, 0.5) is 0 Å². The highest BCUT2D eigenvalue weighted by molar-refractivity contribution is 7.54. The van der Waals surface area contributed by atoms with Crippen LogP contribution in [0.15, 0.2) is 30.3 Å². The van der Waals surface area contributed by atoms with Crippen molar-refractivity contribution in [1.29, 1.82) is 0 Å². The minimum Gasteiger partial charge on any atom is -0.375 e. The van der Waals surface area contributed by atoms with Crippen molar-refractivity contribution in [1.82, 2.24) is 9.76 Å². The number of alkyl halides is 1. The minimum absolute atomic E-state index is 0.165. The largest absolute Gasteiger partial charge is 0.375 e. The summed E-state index contributed by atoms with van der Waals surface area (Å²) in [6.07, 6.45) is 0.165. The first-order valence-electron chi connectivity index (χ1n) is 7.94. The molecule has 1 N–H and O–H groups in total. The summed E-state index contributed by atoms with van der Waals surface area (Å²) in [5.74, 6) is 0.273. The summed E-state index contributed by atoms with van der Waals surface area (Å²) >= 11 is 5.62. The zero-order valence-corrected chi connectivity index (χ0v) is 13.5. The molecule has 1 aromatic carbocycles. The lowest BCUT2D eigenvalue weighted by atomic mass is 10.2. The number of ether oxygens (including phenoxy) is 1. The summed E-state index contributed by atoms with van der Waals surface area (Å²) in [7, 11) is -3.43. The second kappa shape index (κ2) is 8.89. The molecule has 21 heavy (non-hydrogen) atoms. The van der Waals surface area contributed by atoms with Crippen LogP contribution in [0.5, 0.6) is 0 Å². The summed E-state index contributed by atoms with van der Waals surface area (Å²) in [5.41, 5.74) is 1.07. The topological polar surface area (TPSA) is 50.8 Å². The SMILES string of the molecule is [2H]C1([2H])CCN(CCOCc2ccccc2)P(=O)(NCCCl)O1. The molecule has 1 fully saturated rings. The van der Waals surface area contributed by atoms with Gasteiger partial charge in [0.25, 0.3) is 0 Å². The molecule has 7 heteroatoms. The van der Waals surface area contributed by atoms with E-state index in [-0.39, 0.29) is 18.8 Å². The van der Waals surface area contributed by atoms with Crippen LogP contribution in [0.2, 0.25) is 0 Å². The van der Waals surface area contributed by atoms with Crippen LogP contribution in [0.25, 0.3) is 0 Å². The van der Waals surface area contributed by atoms with Gasteiger partial charge in [-0.2, -0.15) is 0 Å². The molecule has 1 aliphatic rings. The molecule has 1 aliphatic heterocycles. The van der Waals surface area contributed by atoms with E-state index in [1.807, 2.05) is 30.3 Å². The van der Waals surface area contributed by atoms with Gasteiger partial charge in [-0.3, -0.25) is 4.57 Å². The van der Waals surface area contributed by atoms with E-state index in [1.165, 1.54) is 0 Å². The quantitative estimate of drug-likeness (QED) is 0.450. The third kappa shape index (κ3) is 5.37. The second-order valence-electron chi connectivity index (χ2n) is 4.59. The summed E-state index contributed by atoms with van der Waals surface area (Å²) < 4.78 is 40.6.